The Hall–Kier alpha value is -2.38. The van der Waals surface area contributed by atoms with Gasteiger partial charge in [0.2, 0.25) is 5.76 Å². The SMILES string of the molecule is CC(C)(C)NC(=O)c1noc(C(=O)NC2CC2)c1C(=O)O. The third kappa shape index (κ3) is 3.59. The lowest BCUT2D eigenvalue weighted by Crippen LogP contribution is -2.41. The lowest BCUT2D eigenvalue weighted by atomic mass is 10.1. The fourth-order valence-corrected chi connectivity index (χ4v) is 1.68. The van der Waals surface area contributed by atoms with Gasteiger partial charge in [0.15, 0.2) is 5.69 Å². The summed E-state index contributed by atoms with van der Waals surface area (Å²) >= 11 is 0. The molecule has 3 N–H and O–H groups in total. The van der Waals surface area contributed by atoms with Crippen LogP contribution in [-0.2, 0) is 0 Å². The number of carbonyl (C=O) groups is 3. The Morgan fingerprint density at radius 1 is 1.24 bits per heavy atom. The third-order valence-corrected chi connectivity index (χ3v) is 2.73. The predicted molar refractivity (Wildman–Crippen MR) is 71.2 cm³/mol. The summed E-state index contributed by atoms with van der Waals surface area (Å²) in [6.07, 6.45) is 1.69. The summed E-state index contributed by atoms with van der Waals surface area (Å²) in [5.74, 6) is -3.25. The summed E-state index contributed by atoms with van der Waals surface area (Å²) in [4.78, 5) is 35.2. The number of nitrogens with zero attached hydrogens (tertiary/aromatic N) is 1. The average Bonchev–Trinajstić information content (AvgIpc) is 3.01. The second-order valence-corrected chi connectivity index (χ2v) is 5.99. The van der Waals surface area contributed by atoms with Gasteiger partial charge in [-0.15, -0.1) is 0 Å². The van der Waals surface area contributed by atoms with Crippen molar-refractivity contribution in [1.82, 2.24) is 15.8 Å². The first-order valence-electron chi connectivity index (χ1n) is 6.55. The van der Waals surface area contributed by atoms with Crippen molar-refractivity contribution in [2.45, 2.75) is 45.2 Å². The van der Waals surface area contributed by atoms with Gasteiger partial charge in [0, 0.05) is 11.6 Å². The number of hydrogen-bond acceptors (Lipinski definition) is 5. The molecule has 0 spiro atoms. The minimum atomic E-state index is -1.43. The van der Waals surface area contributed by atoms with Crippen molar-refractivity contribution in [2.75, 3.05) is 0 Å². The van der Waals surface area contributed by atoms with Crippen molar-refractivity contribution in [3.05, 3.63) is 17.0 Å². The first-order valence-corrected chi connectivity index (χ1v) is 6.55. The van der Waals surface area contributed by atoms with Crippen molar-refractivity contribution in [3.8, 4) is 0 Å². The van der Waals surface area contributed by atoms with Crippen LogP contribution in [0.15, 0.2) is 4.52 Å². The fraction of sp³-hybridized carbons (Fsp3) is 0.538. The fourth-order valence-electron chi connectivity index (χ4n) is 1.68. The maximum absolute atomic E-state index is 12.0. The van der Waals surface area contributed by atoms with E-state index in [2.05, 4.69) is 15.8 Å². The second-order valence-electron chi connectivity index (χ2n) is 5.99. The normalized spacial score (nSPS) is 14.6. The number of hydrogen-bond donors (Lipinski definition) is 3. The number of amides is 2. The highest BCUT2D eigenvalue weighted by Crippen LogP contribution is 2.21. The van der Waals surface area contributed by atoms with E-state index in [1.54, 1.807) is 20.8 Å². The van der Waals surface area contributed by atoms with Crippen LogP contribution in [0.1, 0.15) is 65.0 Å². The minimum absolute atomic E-state index is 0.0381. The van der Waals surface area contributed by atoms with Crippen molar-refractivity contribution < 1.29 is 24.0 Å². The zero-order chi connectivity index (χ0) is 15.8. The maximum Gasteiger partial charge on any atom is 0.342 e. The zero-order valence-electron chi connectivity index (χ0n) is 12.0. The van der Waals surface area contributed by atoms with Crippen LogP contribution in [0.5, 0.6) is 0 Å². The Morgan fingerprint density at radius 3 is 2.33 bits per heavy atom. The number of aromatic carboxylic acids is 1. The standard InChI is InChI=1S/C13H17N3O5/c1-13(2,3)15-10(17)8-7(12(19)20)9(21-16-8)11(18)14-6-4-5-6/h6H,4-5H2,1-3H3,(H,14,18)(H,15,17)(H,19,20). The van der Waals surface area contributed by atoms with Gasteiger partial charge in [0.1, 0.15) is 5.56 Å². The van der Waals surface area contributed by atoms with Gasteiger partial charge < -0.3 is 20.3 Å². The first kappa shape index (κ1) is 15.0. The predicted octanol–water partition coefficient (Wildman–Crippen LogP) is 0.793. The molecule has 0 aliphatic heterocycles. The summed E-state index contributed by atoms with van der Waals surface area (Å²) in [6, 6.07) is 0.0381. The van der Waals surface area contributed by atoms with Crippen LogP contribution in [0, 0.1) is 0 Å². The molecule has 2 rings (SSSR count). The molecule has 0 unspecified atom stereocenters. The number of nitrogens with one attached hydrogen (secondary N) is 2. The van der Waals surface area contributed by atoms with Crippen LogP contribution in [0.3, 0.4) is 0 Å². The topological polar surface area (TPSA) is 122 Å². The summed E-state index contributed by atoms with van der Waals surface area (Å²) < 4.78 is 4.78. The molecule has 0 atom stereocenters. The smallest absolute Gasteiger partial charge is 0.342 e. The minimum Gasteiger partial charge on any atom is -0.477 e. The van der Waals surface area contributed by atoms with Crippen LogP contribution in [0.2, 0.25) is 0 Å². The van der Waals surface area contributed by atoms with Crippen molar-refractivity contribution in [2.24, 2.45) is 0 Å². The molecule has 0 radical (unpaired) electrons. The van der Waals surface area contributed by atoms with Gasteiger partial charge in [-0.2, -0.15) is 0 Å². The molecule has 1 saturated carbocycles. The molecule has 1 aromatic heterocycles. The Kier molecular flexibility index (Phi) is 3.71. The highest BCUT2D eigenvalue weighted by molar-refractivity contribution is 6.10. The van der Waals surface area contributed by atoms with Gasteiger partial charge in [0.25, 0.3) is 11.8 Å². The van der Waals surface area contributed by atoms with E-state index in [0.717, 1.165) is 12.8 Å². The van der Waals surface area contributed by atoms with E-state index < -0.39 is 40.3 Å². The van der Waals surface area contributed by atoms with Crippen LogP contribution in [0.25, 0.3) is 0 Å². The quantitative estimate of drug-likeness (QED) is 0.755. The highest BCUT2D eigenvalue weighted by Gasteiger charge is 2.34. The van der Waals surface area contributed by atoms with E-state index in [9.17, 15) is 19.5 Å². The highest BCUT2D eigenvalue weighted by atomic mass is 16.5. The Bertz CT molecular complexity index is 595. The number of aromatic nitrogens is 1. The molecule has 8 nitrogen and oxygen atoms in total. The Balaban J connectivity index is 2.29. The Labute approximate surface area is 120 Å². The van der Waals surface area contributed by atoms with Gasteiger partial charge in [-0.25, -0.2) is 4.79 Å². The van der Waals surface area contributed by atoms with Crippen molar-refractivity contribution in [1.29, 1.82) is 0 Å². The summed E-state index contributed by atoms with van der Waals surface area (Å²) in [5.41, 5.74) is -1.49. The molecular weight excluding hydrogens is 278 g/mol. The molecule has 1 fully saturated rings. The monoisotopic (exact) mass is 295 g/mol. The number of carboxylic acid groups (broad SMARTS) is 1. The average molecular weight is 295 g/mol. The van der Waals surface area contributed by atoms with E-state index >= 15 is 0 Å². The van der Waals surface area contributed by atoms with Gasteiger partial charge in [-0.3, -0.25) is 9.59 Å². The molecule has 1 aromatic rings. The van der Waals surface area contributed by atoms with Gasteiger partial charge >= 0.3 is 5.97 Å². The van der Waals surface area contributed by atoms with Gasteiger partial charge in [0.05, 0.1) is 0 Å². The first-order chi connectivity index (χ1) is 9.69. The molecule has 1 heterocycles. The molecule has 21 heavy (non-hydrogen) atoms. The van der Waals surface area contributed by atoms with Crippen molar-refractivity contribution in [3.63, 3.8) is 0 Å². The van der Waals surface area contributed by atoms with E-state index in [0.29, 0.717) is 0 Å². The lowest BCUT2D eigenvalue weighted by molar-refractivity contribution is 0.0682. The van der Waals surface area contributed by atoms with Gasteiger partial charge in [-0.1, -0.05) is 5.16 Å². The van der Waals surface area contributed by atoms with E-state index in [4.69, 9.17) is 4.52 Å². The molecule has 0 saturated heterocycles. The van der Waals surface area contributed by atoms with Crippen LogP contribution >= 0.6 is 0 Å². The van der Waals surface area contributed by atoms with E-state index in [-0.39, 0.29) is 6.04 Å². The zero-order valence-corrected chi connectivity index (χ0v) is 12.0. The molecule has 0 bridgehead atoms. The van der Waals surface area contributed by atoms with Crippen LogP contribution in [-0.4, -0.2) is 39.6 Å². The second kappa shape index (κ2) is 5.19. The molecule has 114 valence electrons. The summed E-state index contributed by atoms with van der Waals surface area (Å²) in [5, 5.41) is 17.8. The largest absolute Gasteiger partial charge is 0.477 e. The maximum atomic E-state index is 12.0. The lowest BCUT2D eigenvalue weighted by Gasteiger charge is -2.19. The van der Waals surface area contributed by atoms with Crippen LogP contribution in [0.4, 0.5) is 0 Å². The molecule has 8 heteroatoms. The van der Waals surface area contributed by atoms with Crippen LogP contribution < -0.4 is 10.6 Å². The molecule has 1 aliphatic carbocycles. The van der Waals surface area contributed by atoms with E-state index in [1.807, 2.05) is 0 Å². The molecule has 2 amide bonds. The number of carboxylic acids is 1. The van der Waals surface area contributed by atoms with Gasteiger partial charge in [-0.05, 0) is 33.6 Å². The number of carbonyl (C=O) groups excluding carboxylic acids is 2. The molecule has 1 aliphatic rings. The van der Waals surface area contributed by atoms with Crippen molar-refractivity contribution >= 4 is 17.8 Å². The molecule has 0 aromatic carbocycles. The van der Waals surface area contributed by atoms with E-state index in [1.165, 1.54) is 0 Å². The summed E-state index contributed by atoms with van der Waals surface area (Å²) in [6.45, 7) is 5.23. The summed E-state index contributed by atoms with van der Waals surface area (Å²) in [7, 11) is 0. The third-order valence-electron chi connectivity index (χ3n) is 2.73. The Morgan fingerprint density at radius 2 is 1.86 bits per heavy atom. The molecular formula is C13H17N3O5. The number of rotatable bonds is 4.